The third-order valence-electron chi connectivity index (χ3n) is 3.07. The van der Waals surface area contributed by atoms with E-state index < -0.39 is 0 Å². The fourth-order valence-electron chi connectivity index (χ4n) is 2.05. The number of ether oxygens (including phenoxy) is 1. The Hall–Kier alpha value is -1.09. The molecule has 1 atom stereocenters. The third kappa shape index (κ3) is 4.30. The van der Waals surface area contributed by atoms with Gasteiger partial charge in [0.2, 0.25) is 0 Å². The van der Waals surface area contributed by atoms with Gasteiger partial charge in [-0.2, -0.15) is 0 Å². The molecule has 0 saturated heterocycles. The van der Waals surface area contributed by atoms with Crippen LogP contribution in [0.2, 0.25) is 0 Å². The number of nitrogens with one attached hydrogen (secondary N) is 1. The molecule has 3 heteroatoms. The summed E-state index contributed by atoms with van der Waals surface area (Å²) in [5.41, 5.74) is 0.615. The minimum atomic E-state index is -0.210. The van der Waals surface area contributed by atoms with Crippen molar-refractivity contribution in [3.05, 3.63) is 29.6 Å². The predicted octanol–water partition coefficient (Wildman–Crippen LogP) is 3.92. The van der Waals surface area contributed by atoms with E-state index in [9.17, 15) is 4.39 Å². The molecule has 1 rings (SSSR count). The van der Waals surface area contributed by atoms with Gasteiger partial charge < -0.3 is 10.1 Å². The van der Waals surface area contributed by atoms with Crippen molar-refractivity contribution in [3.63, 3.8) is 0 Å². The highest BCUT2D eigenvalue weighted by Gasteiger charge is 2.15. The average molecular weight is 253 g/mol. The van der Waals surface area contributed by atoms with E-state index in [4.69, 9.17) is 4.74 Å². The highest BCUT2D eigenvalue weighted by molar-refractivity contribution is 5.36. The standard InChI is InChI=1S/C15H24FNO/c1-11(2)7-6-10-17-12(3)15-13(16)8-5-9-14(15)18-4/h5,8-9,11-12,17H,6-7,10H2,1-4H3. The van der Waals surface area contributed by atoms with Gasteiger partial charge in [-0.05, 0) is 44.4 Å². The molecule has 0 fully saturated rings. The predicted molar refractivity (Wildman–Crippen MR) is 73.4 cm³/mol. The van der Waals surface area contributed by atoms with Gasteiger partial charge in [0.1, 0.15) is 11.6 Å². The maximum atomic E-state index is 13.8. The fraction of sp³-hybridized carbons (Fsp3) is 0.600. The first-order chi connectivity index (χ1) is 8.56. The molecule has 2 nitrogen and oxygen atoms in total. The van der Waals surface area contributed by atoms with E-state index in [1.807, 2.05) is 6.92 Å². The highest BCUT2D eigenvalue weighted by atomic mass is 19.1. The summed E-state index contributed by atoms with van der Waals surface area (Å²) in [6, 6.07) is 4.91. The lowest BCUT2D eigenvalue weighted by molar-refractivity contribution is 0.392. The summed E-state index contributed by atoms with van der Waals surface area (Å²) in [6.07, 6.45) is 2.30. The number of hydrogen-bond donors (Lipinski definition) is 1. The average Bonchev–Trinajstić information content (AvgIpc) is 2.33. The summed E-state index contributed by atoms with van der Waals surface area (Å²) in [4.78, 5) is 0. The van der Waals surface area contributed by atoms with Gasteiger partial charge in [-0.1, -0.05) is 19.9 Å². The fourth-order valence-corrected chi connectivity index (χ4v) is 2.05. The molecule has 1 N–H and O–H groups in total. The van der Waals surface area contributed by atoms with E-state index in [-0.39, 0.29) is 11.9 Å². The van der Waals surface area contributed by atoms with Crippen molar-refractivity contribution >= 4 is 0 Å². The van der Waals surface area contributed by atoms with Gasteiger partial charge in [-0.3, -0.25) is 0 Å². The van der Waals surface area contributed by atoms with Crippen molar-refractivity contribution < 1.29 is 9.13 Å². The highest BCUT2D eigenvalue weighted by Crippen LogP contribution is 2.27. The smallest absolute Gasteiger partial charge is 0.131 e. The van der Waals surface area contributed by atoms with Crippen LogP contribution in [0, 0.1) is 11.7 Å². The van der Waals surface area contributed by atoms with E-state index in [1.165, 1.54) is 12.5 Å². The topological polar surface area (TPSA) is 21.3 Å². The maximum absolute atomic E-state index is 13.8. The Labute approximate surface area is 110 Å². The first kappa shape index (κ1) is 15.0. The first-order valence-corrected chi connectivity index (χ1v) is 6.62. The van der Waals surface area contributed by atoms with Crippen molar-refractivity contribution in [2.24, 2.45) is 5.92 Å². The van der Waals surface area contributed by atoms with Crippen molar-refractivity contribution in [2.75, 3.05) is 13.7 Å². The monoisotopic (exact) mass is 253 g/mol. The molecule has 0 aliphatic heterocycles. The second-order valence-corrected chi connectivity index (χ2v) is 5.07. The molecular formula is C15H24FNO. The van der Waals surface area contributed by atoms with E-state index in [2.05, 4.69) is 19.2 Å². The molecule has 0 aromatic heterocycles. The normalized spacial score (nSPS) is 12.8. The van der Waals surface area contributed by atoms with E-state index >= 15 is 0 Å². The molecule has 18 heavy (non-hydrogen) atoms. The molecule has 1 aromatic carbocycles. The van der Waals surface area contributed by atoms with Crippen molar-refractivity contribution in [3.8, 4) is 5.75 Å². The summed E-state index contributed by atoms with van der Waals surface area (Å²) in [5, 5.41) is 3.35. The van der Waals surface area contributed by atoms with E-state index in [1.54, 1.807) is 19.2 Å². The Bertz CT molecular complexity index is 366. The summed E-state index contributed by atoms with van der Waals surface area (Å²) in [5.74, 6) is 1.11. The molecule has 0 aliphatic carbocycles. The van der Waals surface area contributed by atoms with E-state index in [0.29, 0.717) is 17.2 Å². The van der Waals surface area contributed by atoms with E-state index in [0.717, 1.165) is 13.0 Å². The van der Waals surface area contributed by atoms with Crippen molar-refractivity contribution in [1.82, 2.24) is 5.32 Å². The van der Waals surface area contributed by atoms with Crippen LogP contribution < -0.4 is 10.1 Å². The molecule has 0 radical (unpaired) electrons. The lowest BCUT2D eigenvalue weighted by Gasteiger charge is -2.18. The molecule has 1 unspecified atom stereocenters. The van der Waals surface area contributed by atoms with Crippen LogP contribution in [0.4, 0.5) is 4.39 Å². The van der Waals surface area contributed by atoms with Gasteiger partial charge >= 0.3 is 0 Å². The zero-order chi connectivity index (χ0) is 13.5. The van der Waals surface area contributed by atoms with Crippen LogP contribution in [0.5, 0.6) is 5.75 Å². The zero-order valence-electron chi connectivity index (χ0n) is 11.8. The van der Waals surface area contributed by atoms with Crippen LogP contribution >= 0.6 is 0 Å². The Morgan fingerprint density at radius 1 is 1.28 bits per heavy atom. The first-order valence-electron chi connectivity index (χ1n) is 6.62. The molecule has 0 heterocycles. The summed E-state index contributed by atoms with van der Waals surface area (Å²) in [7, 11) is 1.57. The minimum Gasteiger partial charge on any atom is -0.496 e. The lowest BCUT2D eigenvalue weighted by atomic mass is 10.1. The zero-order valence-corrected chi connectivity index (χ0v) is 11.8. The third-order valence-corrected chi connectivity index (χ3v) is 3.07. The molecule has 0 aliphatic rings. The van der Waals surface area contributed by atoms with Gasteiger partial charge in [0.05, 0.1) is 7.11 Å². The molecule has 0 spiro atoms. The Kier molecular flexibility index (Phi) is 6.13. The number of hydrogen-bond acceptors (Lipinski definition) is 2. The SMILES string of the molecule is COc1cccc(F)c1C(C)NCCCC(C)C. The largest absolute Gasteiger partial charge is 0.496 e. The molecule has 0 saturated carbocycles. The van der Waals surface area contributed by atoms with Crippen LogP contribution in [0.3, 0.4) is 0 Å². The van der Waals surface area contributed by atoms with Crippen LogP contribution in [0.25, 0.3) is 0 Å². The molecule has 1 aromatic rings. The summed E-state index contributed by atoms with van der Waals surface area (Å²) in [6.45, 7) is 7.29. The summed E-state index contributed by atoms with van der Waals surface area (Å²) < 4.78 is 19.0. The van der Waals surface area contributed by atoms with Gasteiger partial charge in [0, 0.05) is 11.6 Å². The Balaban J connectivity index is 2.58. The van der Waals surface area contributed by atoms with Gasteiger partial charge in [-0.15, -0.1) is 0 Å². The Morgan fingerprint density at radius 2 is 2.00 bits per heavy atom. The minimum absolute atomic E-state index is 0.0340. The maximum Gasteiger partial charge on any atom is 0.131 e. The van der Waals surface area contributed by atoms with Crippen molar-refractivity contribution in [2.45, 2.75) is 39.7 Å². The summed E-state index contributed by atoms with van der Waals surface area (Å²) >= 11 is 0. The number of rotatable bonds is 7. The van der Waals surface area contributed by atoms with Gasteiger partial charge in [0.15, 0.2) is 0 Å². The number of halogens is 1. The van der Waals surface area contributed by atoms with Crippen LogP contribution in [-0.2, 0) is 0 Å². The van der Waals surface area contributed by atoms with Gasteiger partial charge in [-0.25, -0.2) is 4.39 Å². The molecule has 0 bridgehead atoms. The molecule has 102 valence electrons. The molecular weight excluding hydrogens is 229 g/mol. The van der Waals surface area contributed by atoms with Crippen LogP contribution in [0.1, 0.15) is 45.2 Å². The molecule has 0 amide bonds. The van der Waals surface area contributed by atoms with Crippen LogP contribution in [-0.4, -0.2) is 13.7 Å². The second kappa shape index (κ2) is 7.37. The quantitative estimate of drug-likeness (QED) is 0.744. The Morgan fingerprint density at radius 3 is 2.61 bits per heavy atom. The second-order valence-electron chi connectivity index (χ2n) is 5.07. The number of benzene rings is 1. The number of methoxy groups -OCH3 is 1. The lowest BCUT2D eigenvalue weighted by Crippen LogP contribution is -2.21. The van der Waals surface area contributed by atoms with Gasteiger partial charge in [0.25, 0.3) is 0 Å². The van der Waals surface area contributed by atoms with Crippen molar-refractivity contribution in [1.29, 1.82) is 0 Å². The van der Waals surface area contributed by atoms with Crippen LogP contribution in [0.15, 0.2) is 18.2 Å².